The van der Waals surface area contributed by atoms with Crippen molar-refractivity contribution in [3.63, 3.8) is 0 Å². The summed E-state index contributed by atoms with van der Waals surface area (Å²) in [6.45, 7) is 2.07. The first-order valence-corrected chi connectivity index (χ1v) is 3.57. The Bertz CT molecular complexity index is 154. The van der Waals surface area contributed by atoms with Crippen molar-refractivity contribution in [1.29, 1.82) is 0 Å². The van der Waals surface area contributed by atoms with Crippen LogP contribution in [0.2, 0.25) is 0 Å². The summed E-state index contributed by atoms with van der Waals surface area (Å²) < 4.78 is 9.91. The van der Waals surface area contributed by atoms with Gasteiger partial charge in [-0.2, -0.15) is 0 Å². The van der Waals surface area contributed by atoms with Gasteiger partial charge < -0.3 is 0 Å². The Balaban J connectivity index is 2.43. The van der Waals surface area contributed by atoms with Gasteiger partial charge in [-0.25, -0.2) is 0 Å². The SMILES string of the molecule is O=P#CN1CCCC1. The van der Waals surface area contributed by atoms with Crippen LogP contribution >= 0.6 is 7.92 Å². The average molecular weight is 129 g/mol. The molecule has 44 valence electrons. The molecule has 0 amide bonds. The van der Waals surface area contributed by atoms with Gasteiger partial charge in [0.1, 0.15) is 0 Å². The standard InChI is InChI=1S/C5H8NOP/c7-8-5-6-3-1-2-4-6/h1-4H2. The number of hydrogen-bond donors (Lipinski definition) is 0. The van der Waals surface area contributed by atoms with E-state index in [0.29, 0.717) is 0 Å². The van der Waals surface area contributed by atoms with E-state index in [0.717, 1.165) is 13.1 Å². The molecule has 1 heterocycles. The molecule has 1 aliphatic rings. The fourth-order valence-corrected chi connectivity index (χ4v) is 1.19. The second-order valence-electron chi connectivity index (χ2n) is 1.89. The van der Waals surface area contributed by atoms with E-state index in [4.69, 9.17) is 0 Å². The van der Waals surface area contributed by atoms with Crippen LogP contribution < -0.4 is 0 Å². The van der Waals surface area contributed by atoms with Gasteiger partial charge in [0.2, 0.25) is 0 Å². The summed E-state index contributed by atoms with van der Waals surface area (Å²) in [6.07, 6.45) is 2.45. The molecular formula is C5H8NOP. The molecule has 0 spiro atoms. The summed E-state index contributed by atoms with van der Waals surface area (Å²) in [7, 11) is 0.0212. The Labute approximate surface area is 50.0 Å². The van der Waals surface area contributed by atoms with Crippen LogP contribution in [0.5, 0.6) is 0 Å². The molecule has 0 aromatic heterocycles. The van der Waals surface area contributed by atoms with Crippen molar-refractivity contribution in [3.05, 3.63) is 0 Å². The molecule has 1 rings (SSSR count). The van der Waals surface area contributed by atoms with E-state index in [1.165, 1.54) is 12.8 Å². The molecule has 0 atom stereocenters. The Hall–Kier alpha value is -0.0300. The van der Waals surface area contributed by atoms with E-state index in [1.54, 1.807) is 0 Å². The Morgan fingerprint density at radius 3 is 2.50 bits per heavy atom. The van der Waals surface area contributed by atoms with E-state index in [1.807, 2.05) is 4.90 Å². The third kappa shape index (κ3) is 1.48. The summed E-state index contributed by atoms with van der Waals surface area (Å²) in [6, 6.07) is 0. The van der Waals surface area contributed by atoms with Crippen LogP contribution in [0.25, 0.3) is 0 Å². The summed E-state index contributed by atoms with van der Waals surface area (Å²) >= 11 is 0. The molecule has 2 nitrogen and oxygen atoms in total. The number of rotatable bonds is 0. The third-order valence-electron chi connectivity index (χ3n) is 1.29. The normalized spacial score (nSPS) is 20.5. The predicted octanol–water partition coefficient (Wildman–Crippen LogP) is 1.29. The van der Waals surface area contributed by atoms with E-state index >= 15 is 0 Å². The molecule has 0 N–H and O–H groups in total. The van der Waals surface area contributed by atoms with Gasteiger partial charge in [0.15, 0.2) is 0 Å². The third-order valence-corrected chi connectivity index (χ3v) is 1.65. The minimum absolute atomic E-state index is 0.0212. The molecule has 0 bridgehead atoms. The van der Waals surface area contributed by atoms with Crippen LogP contribution in [0.1, 0.15) is 12.8 Å². The summed E-state index contributed by atoms with van der Waals surface area (Å²) in [5.74, 6) is 2.69. The van der Waals surface area contributed by atoms with Crippen molar-refractivity contribution in [2.45, 2.75) is 12.8 Å². The first-order valence-electron chi connectivity index (χ1n) is 2.76. The molecule has 3 heteroatoms. The maximum absolute atomic E-state index is 9.91. The van der Waals surface area contributed by atoms with Gasteiger partial charge in [-0.1, -0.05) is 0 Å². The zero-order chi connectivity index (χ0) is 5.82. The van der Waals surface area contributed by atoms with Crippen molar-refractivity contribution in [1.82, 2.24) is 4.90 Å². The summed E-state index contributed by atoms with van der Waals surface area (Å²) in [5.41, 5.74) is 0. The van der Waals surface area contributed by atoms with Gasteiger partial charge in [-0.05, 0) is 0 Å². The van der Waals surface area contributed by atoms with E-state index in [2.05, 4.69) is 5.75 Å². The average Bonchev–Trinajstić information content (AvgIpc) is 2.19. The number of hydrogen-bond acceptors (Lipinski definition) is 2. The van der Waals surface area contributed by atoms with Crippen LogP contribution in [-0.2, 0) is 4.57 Å². The van der Waals surface area contributed by atoms with E-state index < -0.39 is 0 Å². The van der Waals surface area contributed by atoms with Crippen molar-refractivity contribution in [3.8, 4) is 5.75 Å². The number of likely N-dealkylation sites (tertiary alicyclic amines) is 1. The first kappa shape index (κ1) is 6.10. The van der Waals surface area contributed by atoms with Gasteiger partial charge in [0.05, 0.1) is 0 Å². The Morgan fingerprint density at radius 2 is 2.00 bits per heavy atom. The first-order chi connectivity index (χ1) is 3.93. The fraction of sp³-hybridized carbons (Fsp3) is 0.800. The molecule has 0 aromatic carbocycles. The predicted molar refractivity (Wildman–Crippen MR) is 32.3 cm³/mol. The van der Waals surface area contributed by atoms with Gasteiger partial charge >= 0.3 is 49.1 Å². The van der Waals surface area contributed by atoms with Gasteiger partial charge in [0.25, 0.3) is 0 Å². The van der Waals surface area contributed by atoms with Crippen molar-refractivity contribution in [2.75, 3.05) is 13.1 Å². The van der Waals surface area contributed by atoms with Gasteiger partial charge in [-0.3, -0.25) is 0 Å². The molecule has 1 fully saturated rings. The molecular weight excluding hydrogens is 121 g/mol. The second kappa shape index (κ2) is 3.09. The molecule has 0 aromatic rings. The van der Waals surface area contributed by atoms with Gasteiger partial charge in [-0.15, -0.1) is 0 Å². The van der Waals surface area contributed by atoms with Crippen LogP contribution in [-0.4, -0.2) is 18.0 Å². The molecule has 0 saturated carbocycles. The quantitative estimate of drug-likeness (QED) is 0.459. The monoisotopic (exact) mass is 129 g/mol. The summed E-state index contributed by atoms with van der Waals surface area (Å²) in [5, 5.41) is 0. The van der Waals surface area contributed by atoms with Crippen LogP contribution in [0.15, 0.2) is 0 Å². The topological polar surface area (TPSA) is 20.3 Å². The van der Waals surface area contributed by atoms with Crippen molar-refractivity contribution in [2.24, 2.45) is 0 Å². The number of nitrogens with zero attached hydrogens (tertiary/aromatic N) is 1. The molecule has 0 radical (unpaired) electrons. The minimum atomic E-state index is 0.0212. The molecule has 1 saturated heterocycles. The summed E-state index contributed by atoms with van der Waals surface area (Å²) in [4.78, 5) is 1.97. The Kier molecular flexibility index (Phi) is 2.35. The van der Waals surface area contributed by atoms with Crippen molar-refractivity contribution < 1.29 is 4.57 Å². The zero-order valence-corrected chi connectivity index (χ0v) is 5.53. The van der Waals surface area contributed by atoms with Crippen LogP contribution in [0.4, 0.5) is 0 Å². The zero-order valence-electron chi connectivity index (χ0n) is 4.63. The molecule has 0 aliphatic carbocycles. The van der Waals surface area contributed by atoms with Crippen LogP contribution in [0, 0.1) is 5.75 Å². The van der Waals surface area contributed by atoms with E-state index in [9.17, 15) is 4.57 Å². The molecule has 0 unspecified atom stereocenters. The maximum atomic E-state index is 9.91. The Morgan fingerprint density at radius 1 is 1.38 bits per heavy atom. The molecule has 1 aliphatic heterocycles. The van der Waals surface area contributed by atoms with Crippen LogP contribution in [0.3, 0.4) is 0 Å². The van der Waals surface area contributed by atoms with Crippen molar-refractivity contribution >= 4 is 7.92 Å². The fourth-order valence-electron chi connectivity index (χ4n) is 0.875. The second-order valence-corrected chi connectivity index (χ2v) is 2.27. The van der Waals surface area contributed by atoms with E-state index in [-0.39, 0.29) is 7.92 Å². The van der Waals surface area contributed by atoms with Gasteiger partial charge in [0, 0.05) is 0 Å². The molecule has 8 heavy (non-hydrogen) atoms.